The predicted molar refractivity (Wildman–Crippen MR) is 141 cm³/mol. The minimum atomic E-state index is -5.12. The number of carbonyl (C=O) groups is 1. The van der Waals surface area contributed by atoms with E-state index in [1.165, 1.54) is 6.39 Å². The quantitative estimate of drug-likeness (QED) is 0.275. The molecule has 0 fully saturated rings. The van der Waals surface area contributed by atoms with Crippen LogP contribution in [-0.4, -0.2) is 44.0 Å². The van der Waals surface area contributed by atoms with Gasteiger partial charge >= 0.3 is 6.18 Å². The minimum Gasteiger partial charge on any atom is -0.471 e. The summed E-state index contributed by atoms with van der Waals surface area (Å²) < 4.78 is 50.0. The number of aliphatic hydroxyl groups excluding tert-OH is 1. The molecule has 208 valence electrons. The maximum atomic E-state index is 13.0. The third kappa shape index (κ3) is 5.63. The molecule has 2 N–H and O–H groups in total. The van der Waals surface area contributed by atoms with E-state index in [2.05, 4.69) is 15.5 Å². The number of hydrogen-bond acceptors (Lipinski definition) is 7. The molecule has 1 aliphatic heterocycles. The summed E-state index contributed by atoms with van der Waals surface area (Å²) in [7, 11) is 0. The Balaban J connectivity index is 1.65. The summed E-state index contributed by atoms with van der Waals surface area (Å²) in [5, 5.41) is 16.5. The van der Waals surface area contributed by atoms with E-state index in [-0.39, 0.29) is 12.3 Å². The number of carbonyl (C=O) groups excluding carboxylic acids is 1. The van der Waals surface area contributed by atoms with E-state index in [0.717, 1.165) is 0 Å². The van der Waals surface area contributed by atoms with Crippen molar-refractivity contribution >= 4 is 29.1 Å². The molecule has 0 spiro atoms. The number of alkyl halides is 3. The second-order valence-electron chi connectivity index (χ2n) is 9.81. The van der Waals surface area contributed by atoms with E-state index in [9.17, 15) is 23.1 Å². The minimum absolute atomic E-state index is 0.106. The molecular weight excluding hydrogens is 572 g/mol. The first-order valence-corrected chi connectivity index (χ1v) is 12.7. The van der Waals surface area contributed by atoms with Gasteiger partial charge in [-0.15, -0.1) is 0 Å². The number of ether oxygens (including phenoxy) is 1. The number of nitrogens with one attached hydrogen (secondary N) is 1. The van der Waals surface area contributed by atoms with Gasteiger partial charge in [0.1, 0.15) is 5.60 Å². The molecule has 2 aromatic carbocycles. The first-order valence-electron chi connectivity index (χ1n) is 11.9. The summed E-state index contributed by atoms with van der Waals surface area (Å²) in [4.78, 5) is 21.1. The molecule has 8 nitrogen and oxygen atoms in total. The Labute approximate surface area is 236 Å². The third-order valence-corrected chi connectivity index (χ3v) is 6.90. The molecule has 0 saturated carbocycles. The van der Waals surface area contributed by atoms with E-state index >= 15 is 0 Å². The lowest BCUT2D eigenvalue weighted by molar-refractivity contribution is -0.205. The van der Waals surface area contributed by atoms with Crippen molar-refractivity contribution < 1.29 is 32.3 Å². The maximum absolute atomic E-state index is 13.0. The van der Waals surface area contributed by atoms with E-state index in [1.807, 2.05) is 0 Å². The van der Waals surface area contributed by atoms with E-state index < -0.39 is 29.8 Å². The zero-order valence-electron chi connectivity index (χ0n) is 21.0. The van der Waals surface area contributed by atoms with Crippen LogP contribution in [0.5, 0.6) is 5.88 Å². The van der Waals surface area contributed by atoms with Gasteiger partial charge < -0.3 is 19.7 Å². The Morgan fingerprint density at radius 2 is 1.80 bits per heavy atom. The van der Waals surface area contributed by atoms with Gasteiger partial charge in [0.15, 0.2) is 0 Å². The molecule has 0 aliphatic carbocycles. The molecule has 1 aliphatic rings. The van der Waals surface area contributed by atoms with Gasteiger partial charge in [-0.05, 0) is 43.7 Å². The van der Waals surface area contributed by atoms with Crippen LogP contribution in [0.25, 0.3) is 33.8 Å². The highest BCUT2D eigenvalue weighted by atomic mass is 35.5. The number of nitrogens with zero attached hydrogens (tertiary/aromatic N) is 3. The Morgan fingerprint density at radius 1 is 1.10 bits per heavy atom. The van der Waals surface area contributed by atoms with Crippen LogP contribution < -0.4 is 10.1 Å². The third-order valence-electron chi connectivity index (χ3n) is 6.33. The monoisotopic (exact) mass is 592 g/mol. The standard InChI is InChI=1S/C27H21Cl2F3N4O4/c1-26(2)11-20(34-24(38)22(37)27(30,31)32)18-10-17(13-3-6-15(28)7-4-13)21(35-25(18)40-26)16-8-5-14(9-19(16)29)23-33-12-39-36-23/h3-10,12,20,22,37H,11H2,1-2H3,(H,34,38). The number of aliphatic hydroxyl groups is 1. The Bertz CT molecular complexity index is 1560. The van der Waals surface area contributed by atoms with Crippen molar-refractivity contribution in [3.8, 4) is 39.7 Å². The molecule has 2 unspecified atom stereocenters. The SMILES string of the molecule is CC1(C)CC(NC(=O)C(O)C(F)(F)F)c2cc(-c3ccc(Cl)cc3)c(-c3ccc(-c4ncon4)cc3Cl)nc2O1. The first-order chi connectivity index (χ1) is 18.8. The fourth-order valence-electron chi connectivity index (χ4n) is 4.48. The van der Waals surface area contributed by atoms with E-state index in [0.29, 0.717) is 49.4 Å². The fourth-order valence-corrected chi connectivity index (χ4v) is 4.87. The largest absolute Gasteiger partial charge is 0.471 e. The van der Waals surface area contributed by atoms with Gasteiger partial charge in [-0.25, -0.2) is 4.98 Å². The fraction of sp³-hybridized carbons (Fsp3) is 0.259. The number of aromatic nitrogens is 3. The maximum Gasteiger partial charge on any atom is 0.423 e. The molecule has 0 saturated heterocycles. The van der Waals surface area contributed by atoms with E-state index in [1.54, 1.807) is 62.4 Å². The molecule has 13 heteroatoms. The van der Waals surface area contributed by atoms with Crippen molar-refractivity contribution in [1.29, 1.82) is 0 Å². The first kappa shape index (κ1) is 27.9. The number of fused-ring (bicyclic) bond motifs is 1. The predicted octanol–water partition coefficient (Wildman–Crippen LogP) is 6.41. The van der Waals surface area contributed by atoms with Gasteiger partial charge in [-0.3, -0.25) is 4.79 Å². The Kier molecular flexibility index (Phi) is 7.24. The van der Waals surface area contributed by atoms with Crippen LogP contribution >= 0.6 is 23.2 Å². The molecule has 2 atom stereocenters. The zero-order valence-corrected chi connectivity index (χ0v) is 22.5. The molecule has 5 rings (SSSR count). The average Bonchev–Trinajstić information content (AvgIpc) is 3.42. The lowest BCUT2D eigenvalue weighted by Crippen LogP contribution is -2.48. The smallest absolute Gasteiger partial charge is 0.423 e. The lowest BCUT2D eigenvalue weighted by atomic mass is 9.88. The van der Waals surface area contributed by atoms with Gasteiger partial charge in [0.25, 0.3) is 5.91 Å². The van der Waals surface area contributed by atoms with Crippen LogP contribution in [0.4, 0.5) is 13.2 Å². The normalized spacial score (nSPS) is 17.1. The number of amides is 1. The van der Waals surface area contributed by atoms with Crippen molar-refractivity contribution in [1.82, 2.24) is 20.4 Å². The highest BCUT2D eigenvalue weighted by molar-refractivity contribution is 6.33. The van der Waals surface area contributed by atoms with Crippen molar-refractivity contribution in [2.24, 2.45) is 0 Å². The van der Waals surface area contributed by atoms with Gasteiger partial charge in [0.2, 0.25) is 24.2 Å². The van der Waals surface area contributed by atoms with Crippen LogP contribution in [-0.2, 0) is 4.79 Å². The number of hydrogen-bond donors (Lipinski definition) is 2. The van der Waals surface area contributed by atoms with Gasteiger partial charge in [0, 0.05) is 33.7 Å². The summed E-state index contributed by atoms with van der Waals surface area (Å²) in [5.41, 5.74) is 2.23. The number of benzene rings is 2. The molecule has 1 amide bonds. The van der Waals surface area contributed by atoms with Crippen LogP contribution in [0.3, 0.4) is 0 Å². The van der Waals surface area contributed by atoms with Crippen LogP contribution in [0.2, 0.25) is 10.0 Å². The number of halogens is 5. The van der Waals surface area contributed by atoms with E-state index in [4.69, 9.17) is 37.4 Å². The van der Waals surface area contributed by atoms with Gasteiger partial charge in [-0.1, -0.05) is 52.6 Å². The number of rotatable bonds is 5. The summed E-state index contributed by atoms with van der Waals surface area (Å²) in [6, 6.07) is 12.7. The highest BCUT2D eigenvalue weighted by Gasteiger charge is 2.45. The molecule has 4 aromatic rings. The molecule has 3 heterocycles. The van der Waals surface area contributed by atoms with Crippen LogP contribution in [0.15, 0.2) is 59.4 Å². The van der Waals surface area contributed by atoms with Crippen LogP contribution in [0, 0.1) is 0 Å². The van der Waals surface area contributed by atoms with Crippen LogP contribution in [0.1, 0.15) is 31.9 Å². The molecule has 0 radical (unpaired) electrons. The van der Waals surface area contributed by atoms with Crippen molar-refractivity contribution in [2.75, 3.05) is 0 Å². The molecule has 2 aromatic heterocycles. The summed E-state index contributed by atoms with van der Waals surface area (Å²) >= 11 is 12.8. The second kappa shape index (κ2) is 10.4. The Morgan fingerprint density at radius 3 is 2.42 bits per heavy atom. The lowest BCUT2D eigenvalue weighted by Gasteiger charge is -2.38. The molecular formula is C27H21Cl2F3N4O4. The van der Waals surface area contributed by atoms with Crippen molar-refractivity contribution in [3.63, 3.8) is 0 Å². The summed E-state index contributed by atoms with van der Waals surface area (Å²) in [6.07, 6.45) is -6.98. The van der Waals surface area contributed by atoms with Gasteiger partial charge in [0.05, 0.1) is 16.8 Å². The second-order valence-corrected chi connectivity index (χ2v) is 10.7. The van der Waals surface area contributed by atoms with Gasteiger partial charge in [-0.2, -0.15) is 18.2 Å². The summed E-state index contributed by atoms with van der Waals surface area (Å²) in [5.74, 6) is -1.12. The highest BCUT2D eigenvalue weighted by Crippen LogP contribution is 2.45. The average molecular weight is 593 g/mol. The van der Waals surface area contributed by atoms with Crippen molar-refractivity contribution in [2.45, 2.75) is 44.2 Å². The molecule has 40 heavy (non-hydrogen) atoms. The summed E-state index contributed by atoms with van der Waals surface area (Å²) in [6.45, 7) is 3.44. The topological polar surface area (TPSA) is 110 Å². The zero-order chi connectivity index (χ0) is 28.8. The van der Waals surface area contributed by atoms with Crippen molar-refractivity contribution in [3.05, 3.63) is 70.5 Å². The Hall–Kier alpha value is -3.67. The number of pyridine rings is 1. The molecule has 0 bridgehead atoms.